The Balaban J connectivity index is 1.89. The highest BCUT2D eigenvalue weighted by Gasteiger charge is 2.38. The number of methoxy groups -OCH3 is 1. The quantitative estimate of drug-likeness (QED) is 0.771. The Hall–Kier alpha value is -3.13. The Labute approximate surface area is 156 Å². The summed E-state index contributed by atoms with van der Waals surface area (Å²) in [7, 11) is 1.52. The predicted molar refractivity (Wildman–Crippen MR) is 98.2 cm³/mol. The smallest absolute Gasteiger partial charge is 0.326 e. The van der Waals surface area contributed by atoms with E-state index in [2.05, 4.69) is 4.98 Å². The fourth-order valence-corrected chi connectivity index (χ4v) is 2.81. The molecule has 2 aromatic rings. The molecular weight excluding hydrogens is 350 g/mol. The number of esters is 1. The highest BCUT2D eigenvalue weighted by molar-refractivity contribution is 6.02. The van der Waals surface area contributed by atoms with Crippen molar-refractivity contribution < 1.29 is 23.8 Å². The maximum Gasteiger partial charge on any atom is 0.326 e. The molecule has 2 atom stereocenters. The molecule has 2 unspecified atom stereocenters. The number of fused-ring (bicyclic) bond motifs is 1. The van der Waals surface area contributed by atoms with Gasteiger partial charge in [0.15, 0.2) is 11.6 Å². The monoisotopic (exact) mass is 371 g/mol. The number of carbonyl (C=O) groups is 2. The third-order valence-corrected chi connectivity index (χ3v) is 3.98. The summed E-state index contributed by atoms with van der Waals surface area (Å²) in [4.78, 5) is 30.8. The van der Waals surface area contributed by atoms with E-state index in [1.807, 2.05) is 18.2 Å². The molecule has 1 aliphatic heterocycles. The second kappa shape index (κ2) is 8.05. The minimum absolute atomic E-state index is 0.198. The fourth-order valence-electron chi connectivity index (χ4n) is 2.81. The van der Waals surface area contributed by atoms with Gasteiger partial charge in [0.1, 0.15) is 18.5 Å². The van der Waals surface area contributed by atoms with Gasteiger partial charge in [-0.25, -0.2) is 4.98 Å². The van der Waals surface area contributed by atoms with Crippen LogP contribution in [0.15, 0.2) is 42.5 Å². The van der Waals surface area contributed by atoms with Crippen LogP contribution in [0.1, 0.15) is 18.6 Å². The first-order valence-corrected chi connectivity index (χ1v) is 8.47. The number of rotatable bonds is 6. The van der Waals surface area contributed by atoms with Crippen molar-refractivity contribution in [2.75, 3.05) is 30.9 Å². The minimum Gasteiger partial charge on any atom is -0.472 e. The van der Waals surface area contributed by atoms with E-state index in [9.17, 15) is 9.59 Å². The van der Waals surface area contributed by atoms with Crippen LogP contribution in [0.4, 0.5) is 11.6 Å². The molecule has 1 aliphatic rings. The number of amides is 1. The number of nitrogen functional groups attached to an aromatic ring is 1. The molecule has 1 aromatic carbocycles. The molecule has 0 bridgehead atoms. The predicted octanol–water partition coefficient (Wildman–Crippen LogP) is 1.71. The van der Waals surface area contributed by atoms with Crippen LogP contribution in [0.3, 0.4) is 0 Å². The number of pyridine rings is 1. The number of anilines is 2. The van der Waals surface area contributed by atoms with E-state index in [0.717, 1.165) is 0 Å². The summed E-state index contributed by atoms with van der Waals surface area (Å²) < 4.78 is 16.1. The van der Waals surface area contributed by atoms with E-state index in [4.69, 9.17) is 19.9 Å². The van der Waals surface area contributed by atoms with Crippen LogP contribution in [0.2, 0.25) is 0 Å². The lowest BCUT2D eigenvalue weighted by Gasteiger charge is -2.33. The molecule has 0 spiro atoms. The molecule has 0 saturated carbocycles. The lowest BCUT2D eigenvalue weighted by molar-refractivity contribution is -0.150. The number of nitrogens with two attached hydrogens (primary N) is 1. The topological polar surface area (TPSA) is 104 Å². The Morgan fingerprint density at radius 1 is 1.30 bits per heavy atom. The standard InChI is InChI=1S/C19H21N3O5/c1-12(11-25-2)26-16(23)10-22-18-14(8-9-15(20)21-18)27-17(19(22)24)13-6-4-3-5-7-13/h3-9,12,17H,10-11H2,1-2H3,(H2,20,21). The lowest BCUT2D eigenvalue weighted by Crippen LogP contribution is -2.45. The van der Waals surface area contributed by atoms with Gasteiger partial charge in [0.25, 0.3) is 5.91 Å². The van der Waals surface area contributed by atoms with Crippen molar-refractivity contribution in [2.45, 2.75) is 19.1 Å². The van der Waals surface area contributed by atoms with Crippen LogP contribution in [0.25, 0.3) is 0 Å². The van der Waals surface area contributed by atoms with Gasteiger partial charge in [-0.05, 0) is 19.1 Å². The second-order valence-electron chi connectivity index (χ2n) is 6.15. The lowest BCUT2D eigenvalue weighted by atomic mass is 10.1. The van der Waals surface area contributed by atoms with Crippen molar-refractivity contribution in [3.8, 4) is 5.75 Å². The van der Waals surface area contributed by atoms with Gasteiger partial charge in [-0.1, -0.05) is 30.3 Å². The Bertz CT molecular complexity index is 827. The van der Waals surface area contributed by atoms with E-state index < -0.39 is 24.1 Å². The van der Waals surface area contributed by atoms with Crippen LogP contribution in [-0.2, 0) is 19.1 Å². The van der Waals surface area contributed by atoms with Gasteiger partial charge in [0.2, 0.25) is 6.10 Å². The highest BCUT2D eigenvalue weighted by Crippen LogP contribution is 2.37. The van der Waals surface area contributed by atoms with E-state index in [1.54, 1.807) is 31.2 Å². The third-order valence-electron chi connectivity index (χ3n) is 3.98. The van der Waals surface area contributed by atoms with Gasteiger partial charge in [-0.2, -0.15) is 0 Å². The van der Waals surface area contributed by atoms with Crippen molar-refractivity contribution in [3.05, 3.63) is 48.0 Å². The summed E-state index contributed by atoms with van der Waals surface area (Å²) in [5.74, 6) is -0.201. The van der Waals surface area contributed by atoms with Gasteiger partial charge in [0, 0.05) is 12.7 Å². The maximum atomic E-state index is 13.0. The molecule has 2 N–H and O–H groups in total. The zero-order chi connectivity index (χ0) is 19.4. The number of benzene rings is 1. The van der Waals surface area contributed by atoms with Gasteiger partial charge in [0.05, 0.1) is 6.61 Å². The third kappa shape index (κ3) is 4.17. The average molecular weight is 371 g/mol. The molecule has 1 amide bonds. The number of carbonyl (C=O) groups excluding carboxylic acids is 2. The summed E-state index contributed by atoms with van der Waals surface area (Å²) in [5, 5.41) is 0. The average Bonchev–Trinajstić information content (AvgIpc) is 2.65. The molecule has 142 valence electrons. The van der Waals surface area contributed by atoms with Crippen LogP contribution in [-0.4, -0.2) is 43.2 Å². The van der Waals surface area contributed by atoms with Gasteiger partial charge >= 0.3 is 5.97 Å². The molecule has 0 radical (unpaired) electrons. The minimum atomic E-state index is -0.881. The van der Waals surface area contributed by atoms with Crippen molar-refractivity contribution in [1.82, 2.24) is 4.98 Å². The largest absolute Gasteiger partial charge is 0.472 e. The van der Waals surface area contributed by atoms with Crippen molar-refractivity contribution in [3.63, 3.8) is 0 Å². The summed E-state index contributed by atoms with van der Waals surface area (Å²) in [6, 6.07) is 12.3. The SMILES string of the molecule is COCC(C)OC(=O)CN1C(=O)C(c2ccccc2)Oc2ccc(N)nc21. The summed E-state index contributed by atoms with van der Waals surface area (Å²) in [6.45, 7) is 1.67. The highest BCUT2D eigenvalue weighted by atomic mass is 16.6. The second-order valence-corrected chi connectivity index (χ2v) is 6.15. The number of nitrogens with zero attached hydrogens (tertiary/aromatic N) is 2. The van der Waals surface area contributed by atoms with Gasteiger partial charge in [-0.3, -0.25) is 14.5 Å². The van der Waals surface area contributed by atoms with E-state index in [1.165, 1.54) is 12.0 Å². The molecule has 0 aliphatic carbocycles. The van der Waals surface area contributed by atoms with Crippen molar-refractivity contribution >= 4 is 23.5 Å². The Kier molecular flexibility index (Phi) is 5.56. The normalized spacial score (nSPS) is 17.0. The summed E-state index contributed by atoms with van der Waals surface area (Å²) in [6.07, 6.45) is -1.31. The number of hydrogen-bond donors (Lipinski definition) is 1. The van der Waals surface area contributed by atoms with Crippen LogP contribution in [0, 0.1) is 0 Å². The first kappa shape index (κ1) is 18.7. The number of aromatic nitrogens is 1. The first-order valence-electron chi connectivity index (χ1n) is 8.47. The van der Waals surface area contributed by atoms with Crippen LogP contribution in [0.5, 0.6) is 5.75 Å². The Morgan fingerprint density at radius 2 is 2.04 bits per heavy atom. The zero-order valence-electron chi connectivity index (χ0n) is 15.1. The molecule has 0 fully saturated rings. The van der Waals surface area contributed by atoms with Crippen molar-refractivity contribution in [2.24, 2.45) is 0 Å². The molecule has 8 nitrogen and oxygen atoms in total. The van der Waals surface area contributed by atoms with Crippen LogP contribution < -0.4 is 15.4 Å². The Morgan fingerprint density at radius 3 is 2.74 bits per heavy atom. The van der Waals surface area contributed by atoms with Gasteiger partial charge in [-0.15, -0.1) is 0 Å². The van der Waals surface area contributed by atoms with E-state index in [0.29, 0.717) is 11.3 Å². The number of hydrogen-bond acceptors (Lipinski definition) is 7. The molecular formula is C19H21N3O5. The van der Waals surface area contributed by atoms with Crippen molar-refractivity contribution in [1.29, 1.82) is 0 Å². The first-order chi connectivity index (χ1) is 13.0. The molecule has 8 heteroatoms. The maximum absolute atomic E-state index is 13.0. The summed E-state index contributed by atoms with van der Waals surface area (Å²) in [5.41, 5.74) is 6.43. The van der Waals surface area contributed by atoms with E-state index >= 15 is 0 Å². The molecule has 0 saturated heterocycles. The molecule has 1 aromatic heterocycles. The van der Waals surface area contributed by atoms with Crippen LogP contribution >= 0.6 is 0 Å². The zero-order valence-corrected chi connectivity index (χ0v) is 15.1. The van der Waals surface area contributed by atoms with Gasteiger partial charge < -0.3 is 19.9 Å². The number of ether oxygens (including phenoxy) is 3. The fraction of sp³-hybridized carbons (Fsp3) is 0.316. The molecule has 3 rings (SSSR count). The summed E-state index contributed by atoms with van der Waals surface area (Å²) >= 11 is 0. The molecule has 27 heavy (non-hydrogen) atoms. The molecule has 2 heterocycles. The van der Waals surface area contributed by atoms with E-state index in [-0.39, 0.29) is 24.8 Å².